The Morgan fingerprint density at radius 2 is 1.95 bits per heavy atom. The smallest absolute Gasteiger partial charge is 0.146 e. The fourth-order valence-corrected chi connectivity index (χ4v) is 2.05. The van der Waals surface area contributed by atoms with Crippen LogP contribution in [0.2, 0.25) is 0 Å². The van der Waals surface area contributed by atoms with Gasteiger partial charge in [-0.3, -0.25) is 4.98 Å². The Morgan fingerprint density at radius 1 is 1.10 bits per heavy atom. The van der Waals surface area contributed by atoms with E-state index in [0.29, 0.717) is 11.4 Å². The number of rotatable bonds is 3. The van der Waals surface area contributed by atoms with Crippen molar-refractivity contribution < 1.29 is 9.13 Å². The molecule has 0 aliphatic rings. The third-order valence-corrected chi connectivity index (χ3v) is 3.09. The minimum absolute atomic E-state index is 0.280. The quantitative estimate of drug-likeness (QED) is 0.739. The number of nitrogens with zero attached hydrogens (tertiary/aromatic N) is 1. The number of nitrogen functional groups attached to an aromatic ring is 1. The molecule has 3 nitrogen and oxygen atoms in total. The maximum atomic E-state index is 13.0. The average Bonchev–Trinajstić information content (AvgIpc) is 2.46. The van der Waals surface area contributed by atoms with Crippen molar-refractivity contribution in [3.05, 3.63) is 66.1 Å². The molecule has 0 amide bonds. The average molecular weight is 268 g/mol. The predicted molar refractivity (Wildman–Crippen MR) is 76.9 cm³/mol. The Morgan fingerprint density at radius 3 is 2.80 bits per heavy atom. The maximum absolute atomic E-state index is 13.0. The highest BCUT2D eigenvalue weighted by Gasteiger charge is 2.05. The second-order valence-corrected chi connectivity index (χ2v) is 4.46. The summed E-state index contributed by atoms with van der Waals surface area (Å²) in [6.07, 6.45) is 1.72. The van der Waals surface area contributed by atoms with E-state index < -0.39 is 0 Å². The summed E-state index contributed by atoms with van der Waals surface area (Å²) in [7, 11) is 0. The molecule has 0 spiro atoms. The lowest BCUT2D eigenvalue weighted by Crippen LogP contribution is -2.01. The van der Waals surface area contributed by atoms with Crippen molar-refractivity contribution >= 4 is 16.6 Å². The normalized spacial score (nSPS) is 10.7. The SMILES string of the molecule is Nc1cc(F)ccc1COc1cccc2cccnc12. The predicted octanol–water partition coefficient (Wildman–Crippen LogP) is 3.54. The maximum Gasteiger partial charge on any atom is 0.146 e. The zero-order chi connectivity index (χ0) is 13.9. The molecule has 0 fully saturated rings. The van der Waals surface area contributed by atoms with Crippen molar-refractivity contribution in [1.82, 2.24) is 4.98 Å². The van der Waals surface area contributed by atoms with Gasteiger partial charge < -0.3 is 10.5 Å². The topological polar surface area (TPSA) is 48.1 Å². The number of para-hydroxylation sites is 1. The highest BCUT2D eigenvalue weighted by molar-refractivity contribution is 5.84. The molecule has 0 unspecified atom stereocenters. The first-order chi connectivity index (χ1) is 9.74. The number of hydrogen-bond donors (Lipinski definition) is 1. The molecule has 20 heavy (non-hydrogen) atoms. The van der Waals surface area contributed by atoms with Crippen LogP contribution in [0.3, 0.4) is 0 Å². The first-order valence-corrected chi connectivity index (χ1v) is 6.24. The Labute approximate surface area is 115 Å². The number of anilines is 1. The monoisotopic (exact) mass is 268 g/mol. The Hall–Kier alpha value is -2.62. The van der Waals surface area contributed by atoms with Crippen molar-refractivity contribution in [2.75, 3.05) is 5.73 Å². The third-order valence-electron chi connectivity index (χ3n) is 3.09. The number of pyridine rings is 1. The van der Waals surface area contributed by atoms with Gasteiger partial charge in [0.2, 0.25) is 0 Å². The molecule has 3 aromatic rings. The number of benzene rings is 2. The highest BCUT2D eigenvalue weighted by Crippen LogP contribution is 2.24. The van der Waals surface area contributed by atoms with Gasteiger partial charge in [-0.1, -0.05) is 24.3 Å². The summed E-state index contributed by atoms with van der Waals surface area (Å²) < 4.78 is 18.7. The van der Waals surface area contributed by atoms with Crippen LogP contribution in [0.25, 0.3) is 10.9 Å². The van der Waals surface area contributed by atoms with Crippen LogP contribution < -0.4 is 10.5 Å². The van der Waals surface area contributed by atoms with Crippen LogP contribution in [0.15, 0.2) is 54.7 Å². The highest BCUT2D eigenvalue weighted by atomic mass is 19.1. The number of nitrogens with two attached hydrogens (primary N) is 1. The van der Waals surface area contributed by atoms with Gasteiger partial charge in [0.05, 0.1) is 0 Å². The van der Waals surface area contributed by atoms with Gasteiger partial charge in [0.15, 0.2) is 0 Å². The molecule has 0 bridgehead atoms. The largest absolute Gasteiger partial charge is 0.487 e. The summed E-state index contributed by atoms with van der Waals surface area (Å²) >= 11 is 0. The summed E-state index contributed by atoms with van der Waals surface area (Å²) in [4.78, 5) is 4.31. The molecule has 2 N–H and O–H groups in total. The molecule has 0 saturated heterocycles. The number of aromatic nitrogens is 1. The van der Waals surface area contributed by atoms with Gasteiger partial charge in [0.1, 0.15) is 23.7 Å². The van der Waals surface area contributed by atoms with Gasteiger partial charge in [-0.25, -0.2) is 4.39 Å². The van der Waals surface area contributed by atoms with E-state index in [1.54, 1.807) is 12.3 Å². The molecule has 0 aliphatic carbocycles. The lowest BCUT2D eigenvalue weighted by atomic mass is 10.2. The standard InChI is InChI=1S/C16H13FN2O/c17-13-7-6-12(14(18)9-13)10-20-15-5-1-3-11-4-2-8-19-16(11)15/h1-9H,10,18H2. The number of ether oxygens (including phenoxy) is 1. The van der Waals surface area contributed by atoms with E-state index in [1.165, 1.54) is 12.1 Å². The molecule has 0 atom stereocenters. The lowest BCUT2D eigenvalue weighted by molar-refractivity contribution is 0.310. The number of hydrogen-bond acceptors (Lipinski definition) is 3. The van der Waals surface area contributed by atoms with Crippen LogP contribution in [-0.2, 0) is 6.61 Å². The van der Waals surface area contributed by atoms with Gasteiger partial charge in [0, 0.05) is 22.8 Å². The minimum atomic E-state index is -0.349. The van der Waals surface area contributed by atoms with Crippen molar-refractivity contribution in [3.63, 3.8) is 0 Å². The zero-order valence-electron chi connectivity index (χ0n) is 10.7. The third kappa shape index (κ3) is 2.40. The fourth-order valence-electron chi connectivity index (χ4n) is 2.05. The summed E-state index contributed by atoms with van der Waals surface area (Å²) in [5.41, 5.74) is 7.70. The van der Waals surface area contributed by atoms with Gasteiger partial charge in [-0.2, -0.15) is 0 Å². The van der Waals surface area contributed by atoms with Gasteiger partial charge in [-0.15, -0.1) is 0 Å². The fraction of sp³-hybridized carbons (Fsp3) is 0.0625. The van der Waals surface area contributed by atoms with E-state index in [0.717, 1.165) is 16.5 Å². The molecular formula is C16H13FN2O. The summed E-state index contributed by atoms with van der Waals surface area (Å²) in [5.74, 6) is 0.338. The minimum Gasteiger partial charge on any atom is -0.487 e. The molecule has 2 aromatic carbocycles. The summed E-state index contributed by atoms with van der Waals surface area (Å²) in [6, 6.07) is 13.9. The van der Waals surface area contributed by atoms with Gasteiger partial charge in [0.25, 0.3) is 0 Å². The van der Waals surface area contributed by atoms with Crippen LogP contribution in [0.5, 0.6) is 5.75 Å². The van der Waals surface area contributed by atoms with Gasteiger partial charge in [-0.05, 0) is 24.3 Å². The molecule has 1 aromatic heterocycles. The van der Waals surface area contributed by atoms with Crippen molar-refractivity contribution in [2.24, 2.45) is 0 Å². The van der Waals surface area contributed by atoms with Crippen LogP contribution in [-0.4, -0.2) is 4.98 Å². The van der Waals surface area contributed by atoms with Gasteiger partial charge >= 0.3 is 0 Å². The van der Waals surface area contributed by atoms with Crippen LogP contribution in [0, 0.1) is 5.82 Å². The van der Waals surface area contributed by atoms with Crippen LogP contribution >= 0.6 is 0 Å². The Bertz CT molecular complexity index is 753. The molecular weight excluding hydrogens is 255 g/mol. The van der Waals surface area contributed by atoms with E-state index in [9.17, 15) is 4.39 Å². The molecule has 4 heteroatoms. The molecule has 0 aliphatic heterocycles. The molecule has 1 heterocycles. The van der Waals surface area contributed by atoms with Crippen molar-refractivity contribution in [1.29, 1.82) is 0 Å². The first kappa shape index (κ1) is 12.4. The Kier molecular flexibility index (Phi) is 3.21. The first-order valence-electron chi connectivity index (χ1n) is 6.24. The van der Waals surface area contributed by atoms with E-state index >= 15 is 0 Å². The van der Waals surface area contributed by atoms with Crippen molar-refractivity contribution in [2.45, 2.75) is 6.61 Å². The summed E-state index contributed by atoms with van der Waals surface area (Å²) in [5, 5.41) is 1.01. The van der Waals surface area contributed by atoms with Crippen molar-refractivity contribution in [3.8, 4) is 5.75 Å². The molecule has 100 valence electrons. The number of halogens is 1. The second-order valence-electron chi connectivity index (χ2n) is 4.46. The molecule has 0 saturated carbocycles. The van der Waals surface area contributed by atoms with E-state index in [4.69, 9.17) is 10.5 Å². The molecule has 3 rings (SSSR count). The van der Waals surface area contributed by atoms with E-state index in [-0.39, 0.29) is 12.4 Å². The second kappa shape index (κ2) is 5.17. The number of fused-ring (bicyclic) bond motifs is 1. The zero-order valence-corrected chi connectivity index (χ0v) is 10.7. The van der Waals surface area contributed by atoms with E-state index in [2.05, 4.69) is 4.98 Å². The van der Waals surface area contributed by atoms with Crippen LogP contribution in [0.1, 0.15) is 5.56 Å². The lowest BCUT2D eigenvalue weighted by Gasteiger charge is -2.10. The molecule has 0 radical (unpaired) electrons. The summed E-state index contributed by atoms with van der Waals surface area (Å²) in [6.45, 7) is 0.280. The van der Waals surface area contributed by atoms with Crippen LogP contribution in [0.4, 0.5) is 10.1 Å². The van der Waals surface area contributed by atoms with E-state index in [1.807, 2.05) is 30.3 Å². The Balaban J connectivity index is 1.87.